The van der Waals surface area contributed by atoms with E-state index < -0.39 is 0 Å². The van der Waals surface area contributed by atoms with Crippen LogP contribution in [0.4, 0.5) is 0 Å². The van der Waals surface area contributed by atoms with Gasteiger partial charge in [-0.25, -0.2) is 0 Å². The van der Waals surface area contributed by atoms with Crippen molar-refractivity contribution in [2.24, 2.45) is 11.7 Å². The summed E-state index contributed by atoms with van der Waals surface area (Å²) >= 11 is 5.91. The average Bonchev–Trinajstić information content (AvgIpc) is 2.29. The third-order valence-electron chi connectivity index (χ3n) is 2.86. The predicted molar refractivity (Wildman–Crippen MR) is 77.2 cm³/mol. The molecule has 0 fully saturated rings. The molecule has 0 aliphatic rings. The highest BCUT2D eigenvalue weighted by Crippen LogP contribution is 2.18. The highest BCUT2D eigenvalue weighted by molar-refractivity contribution is 6.30. The normalized spacial score (nSPS) is 14.6. The molecule has 4 heteroatoms. The van der Waals surface area contributed by atoms with Crippen LogP contribution in [0.1, 0.15) is 20.8 Å². The van der Waals surface area contributed by atoms with Gasteiger partial charge in [0.2, 0.25) is 0 Å². The van der Waals surface area contributed by atoms with E-state index >= 15 is 0 Å². The zero-order valence-corrected chi connectivity index (χ0v) is 12.1. The van der Waals surface area contributed by atoms with Crippen LogP contribution in [0.5, 0.6) is 5.75 Å². The Labute approximate surface area is 115 Å². The molecule has 0 saturated heterocycles. The Hall–Kier alpha value is -0.770. The quantitative estimate of drug-likeness (QED) is 0.801. The minimum Gasteiger partial charge on any atom is -0.489 e. The zero-order chi connectivity index (χ0) is 13.5. The van der Waals surface area contributed by atoms with Gasteiger partial charge in [0.25, 0.3) is 0 Å². The molecule has 0 radical (unpaired) electrons. The van der Waals surface area contributed by atoms with Crippen LogP contribution in [-0.4, -0.2) is 25.2 Å². The number of nitrogens with two attached hydrogens (primary N) is 1. The van der Waals surface area contributed by atoms with Crippen LogP contribution in [-0.2, 0) is 0 Å². The molecule has 102 valence electrons. The Bertz CT molecular complexity index is 357. The van der Waals surface area contributed by atoms with Crippen molar-refractivity contribution in [3.05, 3.63) is 29.3 Å². The van der Waals surface area contributed by atoms with E-state index in [1.165, 1.54) is 0 Å². The third kappa shape index (κ3) is 5.25. The first-order chi connectivity index (χ1) is 8.52. The number of hydrogen-bond acceptors (Lipinski definition) is 3. The van der Waals surface area contributed by atoms with Crippen molar-refractivity contribution < 1.29 is 4.74 Å². The van der Waals surface area contributed by atoms with Gasteiger partial charge in [0.15, 0.2) is 0 Å². The van der Waals surface area contributed by atoms with E-state index in [1.807, 2.05) is 31.2 Å². The molecule has 0 saturated carbocycles. The summed E-state index contributed by atoms with van der Waals surface area (Å²) in [4.78, 5) is 0. The van der Waals surface area contributed by atoms with Crippen LogP contribution in [0.3, 0.4) is 0 Å². The second-order valence-corrected chi connectivity index (χ2v) is 5.32. The molecule has 18 heavy (non-hydrogen) atoms. The van der Waals surface area contributed by atoms with Gasteiger partial charge in [-0.05, 0) is 31.0 Å². The topological polar surface area (TPSA) is 47.3 Å². The fourth-order valence-corrected chi connectivity index (χ4v) is 1.90. The summed E-state index contributed by atoms with van der Waals surface area (Å²) in [6.45, 7) is 7.76. The average molecular weight is 271 g/mol. The number of halogens is 1. The van der Waals surface area contributed by atoms with Gasteiger partial charge >= 0.3 is 0 Å². The minimum absolute atomic E-state index is 0.0799. The summed E-state index contributed by atoms with van der Waals surface area (Å²) in [6, 6.07) is 7.77. The van der Waals surface area contributed by atoms with Gasteiger partial charge in [-0.15, -0.1) is 0 Å². The lowest BCUT2D eigenvalue weighted by Gasteiger charge is -2.23. The summed E-state index contributed by atoms with van der Waals surface area (Å²) in [7, 11) is 0. The summed E-state index contributed by atoms with van der Waals surface area (Å²) in [6.07, 6.45) is 0.0799. The van der Waals surface area contributed by atoms with Gasteiger partial charge in [-0.3, -0.25) is 0 Å². The first kappa shape index (κ1) is 15.3. The first-order valence-corrected chi connectivity index (χ1v) is 6.76. The Morgan fingerprint density at radius 2 is 2.06 bits per heavy atom. The highest BCUT2D eigenvalue weighted by Gasteiger charge is 2.12. The molecule has 1 aromatic rings. The lowest BCUT2D eigenvalue weighted by molar-refractivity contribution is 0.206. The maximum atomic E-state index is 5.91. The smallest absolute Gasteiger partial charge is 0.121 e. The van der Waals surface area contributed by atoms with Crippen LogP contribution >= 0.6 is 11.6 Å². The van der Waals surface area contributed by atoms with Crippen LogP contribution in [0, 0.1) is 5.92 Å². The van der Waals surface area contributed by atoms with Crippen LogP contribution in [0.15, 0.2) is 24.3 Å². The van der Waals surface area contributed by atoms with E-state index in [-0.39, 0.29) is 6.10 Å². The number of ether oxygens (including phenoxy) is 1. The van der Waals surface area contributed by atoms with Gasteiger partial charge in [-0.2, -0.15) is 0 Å². The van der Waals surface area contributed by atoms with Crippen molar-refractivity contribution >= 4 is 11.6 Å². The molecule has 3 nitrogen and oxygen atoms in total. The number of rotatable bonds is 7. The first-order valence-electron chi connectivity index (χ1n) is 6.38. The zero-order valence-electron chi connectivity index (χ0n) is 11.3. The van der Waals surface area contributed by atoms with Crippen molar-refractivity contribution in [3.63, 3.8) is 0 Å². The maximum Gasteiger partial charge on any atom is 0.121 e. The van der Waals surface area contributed by atoms with Gasteiger partial charge in [-0.1, -0.05) is 31.5 Å². The van der Waals surface area contributed by atoms with Crippen molar-refractivity contribution in [1.29, 1.82) is 0 Å². The van der Waals surface area contributed by atoms with Gasteiger partial charge in [0.1, 0.15) is 11.9 Å². The molecule has 0 bridgehead atoms. The molecule has 0 amide bonds. The van der Waals surface area contributed by atoms with Crippen molar-refractivity contribution in [2.45, 2.75) is 32.9 Å². The van der Waals surface area contributed by atoms with Crippen LogP contribution in [0.2, 0.25) is 5.02 Å². The molecular weight excluding hydrogens is 248 g/mol. The molecule has 0 heterocycles. The van der Waals surface area contributed by atoms with E-state index in [4.69, 9.17) is 22.1 Å². The molecule has 0 aliphatic carbocycles. The Kier molecular flexibility index (Phi) is 6.47. The van der Waals surface area contributed by atoms with E-state index in [9.17, 15) is 0 Å². The molecule has 2 atom stereocenters. The second-order valence-electron chi connectivity index (χ2n) is 4.88. The SMILES string of the molecule is CC(CNC(CN)C(C)C)Oc1cccc(Cl)c1. The maximum absolute atomic E-state index is 5.91. The Morgan fingerprint density at radius 3 is 2.61 bits per heavy atom. The van der Waals surface area contributed by atoms with Crippen molar-refractivity contribution in [3.8, 4) is 5.75 Å². The lowest BCUT2D eigenvalue weighted by atomic mass is 10.0. The summed E-state index contributed by atoms with van der Waals surface area (Å²) in [5.41, 5.74) is 5.71. The van der Waals surface area contributed by atoms with E-state index in [0.29, 0.717) is 23.5 Å². The van der Waals surface area contributed by atoms with Crippen LogP contribution in [0.25, 0.3) is 0 Å². The van der Waals surface area contributed by atoms with E-state index in [1.54, 1.807) is 0 Å². The summed E-state index contributed by atoms with van der Waals surface area (Å²) in [5.74, 6) is 1.32. The summed E-state index contributed by atoms with van der Waals surface area (Å²) in [5, 5.41) is 4.11. The van der Waals surface area contributed by atoms with E-state index in [2.05, 4.69) is 19.2 Å². The minimum atomic E-state index is 0.0799. The Morgan fingerprint density at radius 1 is 1.33 bits per heavy atom. The summed E-state index contributed by atoms with van der Waals surface area (Å²) < 4.78 is 5.78. The predicted octanol–water partition coefficient (Wildman–Crippen LogP) is 2.68. The molecular formula is C14H23ClN2O. The lowest BCUT2D eigenvalue weighted by Crippen LogP contribution is -2.44. The Balaban J connectivity index is 2.39. The molecule has 2 unspecified atom stereocenters. The van der Waals surface area contributed by atoms with Crippen molar-refractivity contribution in [2.75, 3.05) is 13.1 Å². The third-order valence-corrected chi connectivity index (χ3v) is 3.09. The molecule has 1 rings (SSSR count). The molecule has 0 spiro atoms. The van der Waals surface area contributed by atoms with Crippen LogP contribution < -0.4 is 15.8 Å². The fourth-order valence-electron chi connectivity index (χ4n) is 1.72. The standard InChI is InChI=1S/C14H23ClN2O/c1-10(2)14(8-16)17-9-11(3)18-13-6-4-5-12(15)7-13/h4-7,10-11,14,17H,8-9,16H2,1-3H3. The molecule has 3 N–H and O–H groups in total. The number of benzene rings is 1. The fraction of sp³-hybridized carbons (Fsp3) is 0.571. The largest absolute Gasteiger partial charge is 0.489 e. The molecule has 1 aromatic carbocycles. The van der Waals surface area contributed by atoms with Gasteiger partial charge in [0.05, 0.1) is 0 Å². The monoisotopic (exact) mass is 270 g/mol. The van der Waals surface area contributed by atoms with Gasteiger partial charge < -0.3 is 15.8 Å². The molecule has 0 aromatic heterocycles. The second kappa shape index (κ2) is 7.62. The molecule has 0 aliphatic heterocycles. The van der Waals surface area contributed by atoms with E-state index in [0.717, 1.165) is 12.3 Å². The van der Waals surface area contributed by atoms with Gasteiger partial charge in [0, 0.05) is 24.2 Å². The number of nitrogens with one attached hydrogen (secondary N) is 1. The number of hydrogen-bond donors (Lipinski definition) is 2. The van der Waals surface area contributed by atoms with Crippen molar-refractivity contribution in [1.82, 2.24) is 5.32 Å². The highest BCUT2D eigenvalue weighted by atomic mass is 35.5.